The molecule has 0 radical (unpaired) electrons. The summed E-state index contributed by atoms with van der Waals surface area (Å²) in [5.74, 6) is -2.78. The van der Waals surface area contributed by atoms with Crippen LogP contribution in [-0.4, -0.2) is 58.8 Å². The first kappa shape index (κ1) is 14.7. The lowest BCUT2D eigenvalue weighted by Gasteiger charge is -2.23. The molecule has 0 fully saturated rings. The molecule has 0 saturated carbocycles. The Bertz CT molecular complexity index is 266. The minimum atomic E-state index is -2.32. The summed E-state index contributed by atoms with van der Waals surface area (Å²) in [7, 11) is 1.06. The molecular formula is C9H14O7. The zero-order chi connectivity index (χ0) is 12.8. The van der Waals surface area contributed by atoms with Crippen LogP contribution in [-0.2, 0) is 19.1 Å². The van der Waals surface area contributed by atoms with E-state index in [0.29, 0.717) is 0 Å². The van der Waals surface area contributed by atoms with Crippen molar-refractivity contribution >= 4 is 17.5 Å². The van der Waals surface area contributed by atoms with Gasteiger partial charge >= 0.3 is 5.97 Å². The van der Waals surface area contributed by atoms with Gasteiger partial charge in [-0.2, -0.15) is 0 Å². The van der Waals surface area contributed by atoms with Crippen LogP contribution >= 0.6 is 0 Å². The van der Waals surface area contributed by atoms with Crippen molar-refractivity contribution in [1.29, 1.82) is 0 Å². The Hall–Kier alpha value is -1.31. The maximum Gasteiger partial charge on any atom is 0.308 e. The predicted octanol–water partition coefficient (Wildman–Crippen LogP) is -2.21. The van der Waals surface area contributed by atoms with E-state index in [9.17, 15) is 19.5 Å². The zero-order valence-electron chi connectivity index (χ0n) is 8.80. The van der Waals surface area contributed by atoms with E-state index >= 15 is 0 Å². The van der Waals surface area contributed by atoms with Crippen LogP contribution in [0.1, 0.15) is 12.8 Å². The summed E-state index contributed by atoms with van der Waals surface area (Å²) in [6, 6.07) is 0. The number of rotatable bonds is 7. The molecule has 0 aliphatic carbocycles. The maximum absolute atomic E-state index is 11.2. The first-order valence-corrected chi connectivity index (χ1v) is 4.45. The summed E-state index contributed by atoms with van der Waals surface area (Å²) < 4.78 is 4.25. The average molecular weight is 234 g/mol. The van der Waals surface area contributed by atoms with Gasteiger partial charge in [-0.1, -0.05) is 0 Å². The SMILES string of the molecule is COC(=O)CC(O)(CC(=O)CO)C(=O)CO. The Kier molecular flexibility index (Phi) is 5.79. The monoisotopic (exact) mass is 234 g/mol. The highest BCUT2D eigenvalue weighted by atomic mass is 16.5. The van der Waals surface area contributed by atoms with Crippen LogP contribution in [0.3, 0.4) is 0 Å². The molecule has 0 amide bonds. The number of aliphatic hydroxyl groups excluding tert-OH is 2. The first-order chi connectivity index (χ1) is 7.39. The summed E-state index contributed by atoms with van der Waals surface area (Å²) in [6.07, 6.45) is -1.48. The van der Waals surface area contributed by atoms with Crippen molar-refractivity contribution < 1.29 is 34.4 Å². The molecule has 92 valence electrons. The third-order valence-electron chi connectivity index (χ3n) is 1.99. The number of Topliss-reactive ketones (excluding diaryl/α,β-unsaturated/α-hetero) is 2. The predicted molar refractivity (Wildman–Crippen MR) is 50.4 cm³/mol. The highest BCUT2D eigenvalue weighted by Gasteiger charge is 2.39. The molecule has 1 atom stereocenters. The molecule has 0 rings (SSSR count). The van der Waals surface area contributed by atoms with Gasteiger partial charge in [0.05, 0.1) is 13.5 Å². The molecule has 1 unspecified atom stereocenters. The number of carbonyl (C=O) groups excluding carboxylic acids is 3. The van der Waals surface area contributed by atoms with Crippen LogP contribution in [0.25, 0.3) is 0 Å². The number of aliphatic hydroxyl groups is 3. The number of carbonyl (C=O) groups is 3. The molecule has 0 heterocycles. The fourth-order valence-electron chi connectivity index (χ4n) is 1.10. The number of ether oxygens (including phenoxy) is 1. The molecule has 0 aromatic heterocycles. The number of hydrogen-bond donors (Lipinski definition) is 3. The van der Waals surface area contributed by atoms with Crippen molar-refractivity contribution in [2.75, 3.05) is 20.3 Å². The van der Waals surface area contributed by atoms with Crippen LogP contribution in [0.15, 0.2) is 0 Å². The van der Waals surface area contributed by atoms with Crippen molar-refractivity contribution in [2.45, 2.75) is 18.4 Å². The van der Waals surface area contributed by atoms with Crippen molar-refractivity contribution in [3.63, 3.8) is 0 Å². The van der Waals surface area contributed by atoms with Crippen LogP contribution < -0.4 is 0 Å². The minimum absolute atomic E-state index is 0.738. The Morgan fingerprint density at radius 2 is 1.69 bits per heavy atom. The van der Waals surface area contributed by atoms with E-state index in [1.54, 1.807) is 0 Å². The summed E-state index contributed by atoms with van der Waals surface area (Å²) in [6.45, 7) is -1.87. The van der Waals surface area contributed by atoms with Gasteiger partial charge in [-0.15, -0.1) is 0 Å². The van der Waals surface area contributed by atoms with E-state index in [0.717, 1.165) is 7.11 Å². The van der Waals surface area contributed by atoms with Gasteiger partial charge in [-0.25, -0.2) is 0 Å². The van der Waals surface area contributed by atoms with Crippen molar-refractivity contribution in [2.24, 2.45) is 0 Å². The lowest BCUT2D eigenvalue weighted by Crippen LogP contribution is -2.45. The van der Waals surface area contributed by atoms with Crippen LogP contribution in [0.2, 0.25) is 0 Å². The fourth-order valence-corrected chi connectivity index (χ4v) is 1.10. The number of ketones is 2. The Labute approximate surface area is 91.6 Å². The van der Waals surface area contributed by atoms with Gasteiger partial charge in [0.2, 0.25) is 0 Å². The van der Waals surface area contributed by atoms with Crippen molar-refractivity contribution in [3.05, 3.63) is 0 Å². The maximum atomic E-state index is 11.2. The molecule has 16 heavy (non-hydrogen) atoms. The summed E-state index contributed by atoms with van der Waals surface area (Å²) in [5.41, 5.74) is -2.32. The largest absolute Gasteiger partial charge is 0.469 e. The molecule has 7 nitrogen and oxygen atoms in total. The van der Waals surface area contributed by atoms with Crippen LogP contribution in [0, 0.1) is 0 Å². The Morgan fingerprint density at radius 3 is 2.06 bits per heavy atom. The third kappa shape index (κ3) is 4.05. The van der Waals surface area contributed by atoms with E-state index in [1.165, 1.54) is 0 Å². The van der Waals surface area contributed by atoms with Gasteiger partial charge < -0.3 is 20.1 Å². The molecule has 7 heteroatoms. The lowest BCUT2D eigenvalue weighted by atomic mass is 9.89. The zero-order valence-corrected chi connectivity index (χ0v) is 8.80. The van der Waals surface area contributed by atoms with Crippen molar-refractivity contribution in [3.8, 4) is 0 Å². The first-order valence-electron chi connectivity index (χ1n) is 4.45. The smallest absolute Gasteiger partial charge is 0.308 e. The normalized spacial score (nSPS) is 14.0. The number of hydrogen-bond acceptors (Lipinski definition) is 7. The molecule has 0 aromatic rings. The van der Waals surface area contributed by atoms with Crippen LogP contribution in [0.5, 0.6) is 0 Å². The molecule has 0 aliphatic heterocycles. The molecule has 0 aromatic carbocycles. The molecular weight excluding hydrogens is 220 g/mol. The molecule has 0 saturated heterocycles. The van der Waals surface area contributed by atoms with E-state index in [-0.39, 0.29) is 0 Å². The molecule has 3 N–H and O–H groups in total. The summed E-state index contributed by atoms with van der Waals surface area (Å²) in [4.78, 5) is 33.0. The second-order valence-electron chi connectivity index (χ2n) is 3.24. The topological polar surface area (TPSA) is 121 Å². The van der Waals surface area contributed by atoms with Gasteiger partial charge in [0, 0.05) is 6.42 Å². The standard InChI is InChI=1S/C9H14O7/c1-16-8(14)3-9(15,7(13)5-11)2-6(12)4-10/h10-11,15H,2-5H2,1H3. The summed E-state index contributed by atoms with van der Waals surface area (Å²) >= 11 is 0. The molecule has 0 spiro atoms. The third-order valence-corrected chi connectivity index (χ3v) is 1.99. The molecule has 0 bridgehead atoms. The fraction of sp³-hybridized carbons (Fsp3) is 0.667. The van der Waals surface area contributed by atoms with Gasteiger partial charge in [0.15, 0.2) is 11.6 Å². The van der Waals surface area contributed by atoms with E-state index in [4.69, 9.17) is 10.2 Å². The van der Waals surface area contributed by atoms with Crippen molar-refractivity contribution in [1.82, 2.24) is 0 Å². The summed E-state index contributed by atoms with van der Waals surface area (Å²) in [5, 5.41) is 26.8. The average Bonchev–Trinajstić information content (AvgIpc) is 2.27. The highest BCUT2D eigenvalue weighted by Crippen LogP contribution is 2.18. The highest BCUT2D eigenvalue weighted by molar-refractivity contribution is 5.96. The second-order valence-corrected chi connectivity index (χ2v) is 3.24. The van der Waals surface area contributed by atoms with Gasteiger partial charge in [0.25, 0.3) is 0 Å². The lowest BCUT2D eigenvalue weighted by molar-refractivity contribution is -0.157. The Balaban J connectivity index is 4.81. The quantitative estimate of drug-likeness (QED) is 0.427. The van der Waals surface area contributed by atoms with E-state index < -0.39 is 49.2 Å². The number of methoxy groups -OCH3 is 1. The van der Waals surface area contributed by atoms with E-state index in [2.05, 4.69) is 4.74 Å². The van der Waals surface area contributed by atoms with Gasteiger partial charge in [0.1, 0.15) is 18.8 Å². The van der Waals surface area contributed by atoms with E-state index in [1.807, 2.05) is 0 Å². The van der Waals surface area contributed by atoms with Gasteiger partial charge in [-0.3, -0.25) is 14.4 Å². The Morgan fingerprint density at radius 1 is 1.12 bits per heavy atom. The van der Waals surface area contributed by atoms with Crippen LogP contribution in [0.4, 0.5) is 0 Å². The molecule has 0 aliphatic rings. The minimum Gasteiger partial charge on any atom is -0.469 e. The van der Waals surface area contributed by atoms with Gasteiger partial charge in [-0.05, 0) is 0 Å². The second kappa shape index (κ2) is 6.31. The number of esters is 1.